The molecule has 114 valence electrons. The average molecular weight is 329 g/mol. The molecule has 0 amide bonds. The van der Waals surface area contributed by atoms with Gasteiger partial charge in [-0.05, 0) is 17.5 Å². The van der Waals surface area contributed by atoms with Gasteiger partial charge < -0.3 is 10.1 Å². The molecule has 0 spiro atoms. The summed E-state index contributed by atoms with van der Waals surface area (Å²) in [5.41, 5.74) is 0.592. The van der Waals surface area contributed by atoms with E-state index in [-0.39, 0.29) is 17.0 Å². The van der Waals surface area contributed by atoms with Crippen LogP contribution in [0.15, 0.2) is 24.4 Å². The molecule has 0 fully saturated rings. The maximum absolute atomic E-state index is 14.0. The van der Waals surface area contributed by atoms with Gasteiger partial charge in [0.1, 0.15) is 0 Å². The number of nitrogens with zero attached hydrogens (tertiary/aromatic N) is 1. The van der Waals surface area contributed by atoms with Crippen LogP contribution in [0.25, 0.3) is 0 Å². The Kier molecular flexibility index (Phi) is 5.06. The van der Waals surface area contributed by atoms with Crippen LogP contribution in [0.4, 0.5) is 10.1 Å². The van der Waals surface area contributed by atoms with Crippen LogP contribution in [0.2, 0.25) is 4.47 Å². The molecule has 0 atom stereocenters. The molecule has 21 heavy (non-hydrogen) atoms. The molecule has 1 N–H and O–H groups in total. The second-order valence-electron chi connectivity index (χ2n) is 5.90. The number of para-hydroxylation sites is 1. The van der Waals surface area contributed by atoms with E-state index in [4.69, 9.17) is 16.3 Å². The molecule has 6 heteroatoms. The van der Waals surface area contributed by atoms with Crippen molar-refractivity contribution in [2.45, 2.75) is 27.3 Å². The van der Waals surface area contributed by atoms with Gasteiger partial charge in [0.05, 0.1) is 18.8 Å². The topological polar surface area (TPSA) is 34.1 Å². The van der Waals surface area contributed by atoms with Gasteiger partial charge in [-0.15, -0.1) is 11.3 Å². The average Bonchev–Trinajstić information content (AvgIpc) is 2.80. The Morgan fingerprint density at radius 2 is 2.14 bits per heavy atom. The summed E-state index contributed by atoms with van der Waals surface area (Å²) in [4.78, 5) is 4.95. The van der Waals surface area contributed by atoms with E-state index in [1.54, 1.807) is 18.3 Å². The van der Waals surface area contributed by atoms with Gasteiger partial charge in [-0.3, -0.25) is 0 Å². The number of halogens is 2. The van der Waals surface area contributed by atoms with E-state index in [0.717, 1.165) is 4.88 Å². The normalized spacial score (nSPS) is 11.5. The zero-order chi connectivity index (χ0) is 15.5. The van der Waals surface area contributed by atoms with Crippen LogP contribution in [-0.4, -0.2) is 11.6 Å². The second-order valence-corrected chi connectivity index (χ2v) is 7.60. The molecule has 0 aliphatic rings. The van der Waals surface area contributed by atoms with Crippen LogP contribution in [0.3, 0.4) is 0 Å². The number of nitrogens with one attached hydrogen (secondary N) is 1. The third-order valence-corrected chi connectivity index (χ3v) is 3.71. The lowest BCUT2D eigenvalue weighted by Gasteiger charge is -2.21. The molecule has 2 aromatic rings. The number of hydrogen-bond donors (Lipinski definition) is 1. The van der Waals surface area contributed by atoms with Crippen molar-refractivity contribution < 1.29 is 9.13 Å². The van der Waals surface area contributed by atoms with E-state index >= 15 is 0 Å². The summed E-state index contributed by atoms with van der Waals surface area (Å²) in [6, 6.07) is 4.84. The predicted octanol–water partition coefficient (Wildman–Crippen LogP) is 4.97. The fourth-order valence-electron chi connectivity index (χ4n) is 1.63. The standard InChI is InChI=1S/C15H18ClFN2OS/c1-15(2,3)9-20-13-11(17)5-4-6-12(13)18-7-10-8-19-14(16)21-10/h4-6,8,18H,7,9H2,1-3H3. The number of rotatable bonds is 5. The minimum Gasteiger partial charge on any atom is -0.488 e. The quantitative estimate of drug-likeness (QED) is 0.841. The molecule has 3 nitrogen and oxygen atoms in total. The molecule has 1 aromatic carbocycles. The number of anilines is 1. The Balaban J connectivity index is 2.09. The summed E-state index contributed by atoms with van der Waals surface area (Å²) >= 11 is 7.19. The lowest BCUT2D eigenvalue weighted by molar-refractivity contribution is 0.192. The SMILES string of the molecule is CC(C)(C)COc1c(F)cccc1NCc1cnc(Cl)s1. The zero-order valence-electron chi connectivity index (χ0n) is 12.2. The Morgan fingerprint density at radius 3 is 2.76 bits per heavy atom. The molecular weight excluding hydrogens is 311 g/mol. The number of ether oxygens (including phenoxy) is 1. The minimum absolute atomic E-state index is 0.0370. The summed E-state index contributed by atoms with van der Waals surface area (Å²) in [6.45, 7) is 7.09. The van der Waals surface area contributed by atoms with Crippen molar-refractivity contribution in [3.63, 3.8) is 0 Å². The molecule has 0 saturated heterocycles. The molecule has 0 aliphatic carbocycles. The van der Waals surface area contributed by atoms with Gasteiger partial charge in [0, 0.05) is 11.1 Å². The second kappa shape index (κ2) is 6.62. The van der Waals surface area contributed by atoms with Crippen molar-refractivity contribution in [2.75, 3.05) is 11.9 Å². The van der Waals surface area contributed by atoms with E-state index in [0.29, 0.717) is 23.3 Å². The van der Waals surface area contributed by atoms with Crippen molar-refractivity contribution in [1.29, 1.82) is 0 Å². The molecule has 0 saturated carbocycles. The number of hydrogen-bond acceptors (Lipinski definition) is 4. The lowest BCUT2D eigenvalue weighted by atomic mass is 9.99. The van der Waals surface area contributed by atoms with Gasteiger partial charge in [-0.25, -0.2) is 9.37 Å². The van der Waals surface area contributed by atoms with Crippen molar-refractivity contribution >= 4 is 28.6 Å². The molecule has 2 rings (SSSR count). The number of thiazole rings is 1. The van der Waals surface area contributed by atoms with Gasteiger partial charge in [0.15, 0.2) is 16.0 Å². The first kappa shape index (κ1) is 16.0. The van der Waals surface area contributed by atoms with Crippen molar-refractivity contribution in [2.24, 2.45) is 5.41 Å². The van der Waals surface area contributed by atoms with E-state index in [1.165, 1.54) is 17.4 Å². The molecule has 0 unspecified atom stereocenters. The summed E-state index contributed by atoms with van der Waals surface area (Å²) in [7, 11) is 0. The highest BCUT2D eigenvalue weighted by atomic mass is 35.5. The maximum Gasteiger partial charge on any atom is 0.183 e. The van der Waals surface area contributed by atoms with Gasteiger partial charge in [0.2, 0.25) is 0 Å². The fraction of sp³-hybridized carbons (Fsp3) is 0.400. The van der Waals surface area contributed by atoms with E-state index < -0.39 is 0 Å². The zero-order valence-corrected chi connectivity index (χ0v) is 13.8. The van der Waals surface area contributed by atoms with Gasteiger partial charge >= 0.3 is 0 Å². The molecule has 0 aliphatic heterocycles. The first-order valence-electron chi connectivity index (χ1n) is 6.60. The lowest BCUT2D eigenvalue weighted by Crippen LogP contribution is -2.18. The summed E-state index contributed by atoms with van der Waals surface area (Å²) in [5, 5.41) is 3.17. The van der Waals surface area contributed by atoms with Gasteiger partial charge in [-0.1, -0.05) is 38.4 Å². The summed E-state index contributed by atoms with van der Waals surface area (Å²) < 4.78 is 20.1. The Labute approximate surface area is 133 Å². The predicted molar refractivity (Wildman–Crippen MR) is 85.8 cm³/mol. The van der Waals surface area contributed by atoms with Crippen LogP contribution in [-0.2, 0) is 6.54 Å². The maximum atomic E-state index is 14.0. The van der Waals surface area contributed by atoms with Crippen molar-refractivity contribution in [3.8, 4) is 5.75 Å². The Bertz CT molecular complexity index is 610. The van der Waals surface area contributed by atoms with Crippen molar-refractivity contribution in [3.05, 3.63) is 39.6 Å². The molecule has 0 radical (unpaired) electrons. The summed E-state index contributed by atoms with van der Waals surface area (Å²) in [6.07, 6.45) is 1.70. The summed E-state index contributed by atoms with van der Waals surface area (Å²) in [5.74, 6) is -0.116. The van der Waals surface area contributed by atoms with Gasteiger partial charge in [-0.2, -0.15) is 0 Å². The molecule has 1 aromatic heterocycles. The first-order chi connectivity index (χ1) is 9.85. The van der Waals surface area contributed by atoms with Crippen LogP contribution in [0, 0.1) is 11.2 Å². The van der Waals surface area contributed by atoms with Crippen LogP contribution in [0.1, 0.15) is 25.6 Å². The largest absolute Gasteiger partial charge is 0.488 e. The third kappa shape index (κ3) is 4.86. The smallest absolute Gasteiger partial charge is 0.183 e. The van der Waals surface area contributed by atoms with E-state index in [1.807, 2.05) is 20.8 Å². The van der Waals surface area contributed by atoms with Crippen LogP contribution < -0.4 is 10.1 Å². The Hall–Kier alpha value is -1.33. The van der Waals surface area contributed by atoms with E-state index in [9.17, 15) is 4.39 Å². The minimum atomic E-state index is -0.369. The molecule has 0 bridgehead atoms. The third-order valence-electron chi connectivity index (χ3n) is 2.59. The van der Waals surface area contributed by atoms with Gasteiger partial charge in [0.25, 0.3) is 0 Å². The highest BCUT2D eigenvalue weighted by Crippen LogP contribution is 2.30. The fourth-order valence-corrected chi connectivity index (χ4v) is 2.55. The number of aromatic nitrogens is 1. The number of benzene rings is 1. The Morgan fingerprint density at radius 1 is 1.38 bits per heavy atom. The molecular formula is C15H18ClFN2OS. The first-order valence-corrected chi connectivity index (χ1v) is 7.80. The monoisotopic (exact) mass is 328 g/mol. The molecule has 1 heterocycles. The highest BCUT2D eigenvalue weighted by molar-refractivity contribution is 7.15. The van der Waals surface area contributed by atoms with Crippen molar-refractivity contribution in [1.82, 2.24) is 4.98 Å². The van der Waals surface area contributed by atoms with E-state index in [2.05, 4.69) is 10.3 Å². The van der Waals surface area contributed by atoms with Crippen LogP contribution >= 0.6 is 22.9 Å². The van der Waals surface area contributed by atoms with Crippen LogP contribution in [0.5, 0.6) is 5.75 Å². The highest BCUT2D eigenvalue weighted by Gasteiger charge is 2.16.